The van der Waals surface area contributed by atoms with Crippen LogP contribution < -0.4 is 15.8 Å². The number of carbonyl (C=O) groups is 1. The third-order valence-corrected chi connectivity index (χ3v) is 3.47. The predicted molar refractivity (Wildman–Crippen MR) is 82.3 cm³/mol. The van der Waals surface area contributed by atoms with Crippen LogP contribution in [0, 0.1) is 5.92 Å². The largest absolute Gasteiger partial charge is 0.483 e. The first-order valence-electron chi connectivity index (χ1n) is 6.93. The molecular formula is C15H23ClN2O2. The van der Waals surface area contributed by atoms with Gasteiger partial charge in [0.1, 0.15) is 5.75 Å². The molecule has 3 N–H and O–H groups in total. The lowest BCUT2D eigenvalue weighted by atomic mass is 10.1. The number of ether oxygens (including phenoxy) is 1. The van der Waals surface area contributed by atoms with Crippen LogP contribution in [0.15, 0.2) is 24.3 Å². The summed E-state index contributed by atoms with van der Waals surface area (Å²) in [4.78, 5) is 11.7. The fraction of sp³-hybridized carbons (Fsp3) is 0.533. The summed E-state index contributed by atoms with van der Waals surface area (Å²) in [7, 11) is 0. The number of carbonyl (C=O) groups excluding carboxylic acids is 1. The normalized spacial score (nSPS) is 15.1. The minimum absolute atomic E-state index is 0. The van der Waals surface area contributed by atoms with Gasteiger partial charge in [-0.2, -0.15) is 0 Å². The lowest BCUT2D eigenvalue weighted by Crippen LogP contribution is -2.40. The topological polar surface area (TPSA) is 64.3 Å². The first-order valence-corrected chi connectivity index (χ1v) is 6.93. The Kier molecular flexibility index (Phi) is 6.82. The van der Waals surface area contributed by atoms with Crippen molar-refractivity contribution in [1.29, 1.82) is 0 Å². The molecule has 1 unspecified atom stereocenters. The van der Waals surface area contributed by atoms with Crippen molar-refractivity contribution in [2.45, 2.75) is 32.2 Å². The Morgan fingerprint density at radius 3 is 2.80 bits per heavy atom. The molecule has 0 aliphatic heterocycles. The van der Waals surface area contributed by atoms with E-state index in [1.165, 1.54) is 12.8 Å². The second-order valence-electron chi connectivity index (χ2n) is 5.06. The average molecular weight is 299 g/mol. The number of hydrogen-bond acceptors (Lipinski definition) is 3. The number of nitrogens with two attached hydrogens (primary N) is 1. The first-order chi connectivity index (χ1) is 9.20. The zero-order valence-electron chi connectivity index (χ0n) is 11.8. The molecule has 4 nitrogen and oxygen atoms in total. The number of rotatable bonds is 7. The Labute approximate surface area is 126 Å². The molecule has 112 valence electrons. The minimum atomic E-state index is -0.109. The fourth-order valence-corrected chi connectivity index (χ4v) is 2.05. The van der Waals surface area contributed by atoms with E-state index >= 15 is 0 Å². The highest BCUT2D eigenvalue weighted by Gasteiger charge is 2.28. The zero-order chi connectivity index (χ0) is 13.7. The lowest BCUT2D eigenvalue weighted by Gasteiger charge is -2.13. The van der Waals surface area contributed by atoms with E-state index < -0.39 is 0 Å². The summed E-state index contributed by atoms with van der Waals surface area (Å²) in [5.74, 6) is 1.27. The lowest BCUT2D eigenvalue weighted by molar-refractivity contribution is -0.123. The fourth-order valence-electron chi connectivity index (χ4n) is 2.05. The Morgan fingerprint density at radius 1 is 1.45 bits per heavy atom. The van der Waals surface area contributed by atoms with E-state index in [1.807, 2.05) is 24.3 Å². The Balaban J connectivity index is 0.00000200. The van der Waals surface area contributed by atoms with E-state index in [-0.39, 0.29) is 31.0 Å². The van der Waals surface area contributed by atoms with Crippen molar-refractivity contribution in [3.8, 4) is 5.75 Å². The molecule has 1 aromatic carbocycles. The van der Waals surface area contributed by atoms with Gasteiger partial charge >= 0.3 is 0 Å². The molecule has 0 spiro atoms. The highest BCUT2D eigenvalue weighted by molar-refractivity contribution is 5.85. The van der Waals surface area contributed by atoms with Gasteiger partial charge in [-0.05, 0) is 36.8 Å². The smallest absolute Gasteiger partial charge is 0.257 e. The molecule has 0 heterocycles. The van der Waals surface area contributed by atoms with Gasteiger partial charge in [0.25, 0.3) is 5.91 Å². The quantitative estimate of drug-likeness (QED) is 0.808. The molecule has 1 atom stereocenters. The summed E-state index contributed by atoms with van der Waals surface area (Å²) in [6, 6.07) is 7.88. The van der Waals surface area contributed by atoms with Crippen LogP contribution in [-0.4, -0.2) is 25.1 Å². The highest BCUT2D eigenvalue weighted by atomic mass is 35.5. The van der Waals surface area contributed by atoms with Crippen LogP contribution in [0.5, 0.6) is 5.75 Å². The molecule has 1 amide bonds. The number of para-hydroxylation sites is 1. The van der Waals surface area contributed by atoms with E-state index in [0.29, 0.717) is 12.5 Å². The molecule has 1 aliphatic carbocycles. The summed E-state index contributed by atoms with van der Waals surface area (Å²) in [6.45, 7) is 2.66. The van der Waals surface area contributed by atoms with Crippen LogP contribution in [0.2, 0.25) is 0 Å². The molecule has 0 radical (unpaired) electrons. The second-order valence-corrected chi connectivity index (χ2v) is 5.06. The minimum Gasteiger partial charge on any atom is -0.483 e. The van der Waals surface area contributed by atoms with Gasteiger partial charge in [-0.15, -0.1) is 12.4 Å². The number of aryl methyl sites for hydroxylation is 1. The second kappa shape index (κ2) is 8.12. The van der Waals surface area contributed by atoms with Crippen molar-refractivity contribution in [2.75, 3.05) is 13.2 Å². The number of hydrogen-bond donors (Lipinski definition) is 2. The maximum absolute atomic E-state index is 11.7. The molecule has 0 aromatic heterocycles. The summed E-state index contributed by atoms with van der Waals surface area (Å²) in [5.41, 5.74) is 7.04. The first kappa shape index (κ1) is 16.8. The molecule has 2 rings (SSSR count). The SMILES string of the molecule is CCc1ccccc1OCC(=O)NCC(N)C1CC1.Cl. The molecule has 20 heavy (non-hydrogen) atoms. The van der Waals surface area contributed by atoms with Gasteiger partial charge in [-0.1, -0.05) is 25.1 Å². The van der Waals surface area contributed by atoms with Gasteiger partial charge in [0.15, 0.2) is 6.61 Å². The summed E-state index contributed by atoms with van der Waals surface area (Å²) < 4.78 is 5.55. The van der Waals surface area contributed by atoms with Gasteiger partial charge in [-0.3, -0.25) is 4.79 Å². The monoisotopic (exact) mass is 298 g/mol. The maximum atomic E-state index is 11.7. The summed E-state index contributed by atoms with van der Waals surface area (Å²) >= 11 is 0. The van der Waals surface area contributed by atoms with Crippen molar-refractivity contribution < 1.29 is 9.53 Å². The molecule has 1 saturated carbocycles. The van der Waals surface area contributed by atoms with E-state index in [4.69, 9.17) is 10.5 Å². The number of halogens is 1. The van der Waals surface area contributed by atoms with Crippen molar-refractivity contribution in [2.24, 2.45) is 11.7 Å². The number of amides is 1. The Hall–Kier alpha value is -1.26. The van der Waals surface area contributed by atoms with Crippen LogP contribution >= 0.6 is 12.4 Å². The molecular weight excluding hydrogens is 276 g/mol. The third-order valence-electron chi connectivity index (χ3n) is 3.47. The number of nitrogens with one attached hydrogen (secondary N) is 1. The number of benzene rings is 1. The van der Waals surface area contributed by atoms with Crippen LogP contribution in [-0.2, 0) is 11.2 Å². The summed E-state index contributed by atoms with van der Waals surface area (Å²) in [5, 5.41) is 2.82. The van der Waals surface area contributed by atoms with Crippen LogP contribution in [0.25, 0.3) is 0 Å². The van der Waals surface area contributed by atoms with E-state index in [1.54, 1.807) is 0 Å². The standard InChI is InChI=1S/C15H22N2O2.ClH/c1-2-11-5-3-4-6-14(11)19-10-15(18)17-9-13(16)12-7-8-12;/h3-6,12-13H,2,7-10,16H2,1H3,(H,17,18);1H. The van der Waals surface area contributed by atoms with Crippen molar-refractivity contribution in [1.82, 2.24) is 5.32 Å². The van der Waals surface area contributed by atoms with Crippen molar-refractivity contribution >= 4 is 18.3 Å². The molecule has 1 aliphatic rings. The zero-order valence-corrected chi connectivity index (χ0v) is 12.6. The van der Waals surface area contributed by atoms with Gasteiger partial charge in [-0.25, -0.2) is 0 Å². The van der Waals surface area contributed by atoms with Crippen LogP contribution in [0.3, 0.4) is 0 Å². The molecule has 0 bridgehead atoms. The molecule has 1 aromatic rings. The molecule has 5 heteroatoms. The molecule has 0 saturated heterocycles. The molecule has 1 fully saturated rings. The van der Waals surface area contributed by atoms with E-state index in [0.717, 1.165) is 17.7 Å². The van der Waals surface area contributed by atoms with Crippen LogP contribution in [0.4, 0.5) is 0 Å². The maximum Gasteiger partial charge on any atom is 0.257 e. The summed E-state index contributed by atoms with van der Waals surface area (Å²) in [6.07, 6.45) is 3.28. The van der Waals surface area contributed by atoms with Gasteiger partial charge in [0.05, 0.1) is 0 Å². The Morgan fingerprint density at radius 2 is 2.15 bits per heavy atom. The van der Waals surface area contributed by atoms with Gasteiger partial charge in [0.2, 0.25) is 0 Å². The van der Waals surface area contributed by atoms with Crippen LogP contribution in [0.1, 0.15) is 25.3 Å². The van der Waals surface area contributed by atoms with Crippen molar-refractivity contribution in [3.05, 3.63) is 29.8 Å². The predicted octanol–water partition coefficient (Wildman–Crippen LogP) is 1.90. The van der Waals surface area contributed by atoms with Crippen molar-refractivity contribution in [3.63, 3.8) is 0 Å². The highest BCUT2D eigenvalue weighted by Crippen LogP contribution is 2.31. The van der Waals surface area contributed by atoms with Gasteiger partial charge in [0, 0.05) is 12.6 Å². The Bertz CT molecular complexity index is 436. The van der Waals surface area contributed by atoms with E-state index in [9.17, 15) is 4.79 Å². The average Bonchev–Trinajstić information content (AvgIpc) is 3.27. The van der Waals surface area contributed by atoms with Gasteiger partial charge < -0.3 is 15.8 Å². The third kappa shape index (κ3) is 5.02. The van der Waals surface area contributed by atoms with E-state index in [2.05, 4.69) is 12.2 Å².